The van der Waals surface area contributed by atoms with Crippen molar-refractivity contribution >= 4 is 22.7 Å². The second-order valence-corrected chi connectivity index (χ2v) is 6.45. The lowest BCUT2D eigenvalue weighted by molar-refractivity contribution is 0.384. The molecule has 0 bridgehead atoms. The molecule has 0 unspecified atom stereocenters. The van der Waals surface area contributed by atoms with E-state index in [2.05, 4.69) is 27.0 Å². The number of para-hydroxylation sites is 1. The van der Waals surface area contributed by atoms with Crippen LogP contribution in [0.15, 0.2) is 56.6 Å². The number of rotatable bonds is 6. The van der Waals surface area contributed by atoms with Gasteiger partial charge in [0, 0.05) is 11.8 Å². The van der Waals surface area contributed by atoms with Crippen molar-refractivity contribution in [3.63, 3.8) is 0 Å². The number of aryl methyl sites for hydroxylation is 1. The molecule has 0 aliphatic rings. The van der Waals surface area contributed by atoms with E-state index in [0.29, 0.717) is 23.2 Å². The molecule has 4 aromatic rings. The van der Waals surface area contributed by atoms with Crippen LogP contribution in [0.3, 0.4) is 0 Å². The van der Waals surface area contributed by atoms with E-state index in [0.717, 1.165) is 34.6 Å². The van der Waals surface area contributed by atoms with E-state index in [-0.39, 0.29) is 0 Å². The van der Waals surface area contributed by atoms with Crippen LogP contribution in [0.4, 0.5) is 0 Å². The van der Waals surface area contributed by atoms with Crippen LogP contribution in [0.2, 0.25) is 0 Å². The lowest BCUT2D eigenvalue weighted by Gasteiger charge is -2.06. The zero-order valence-corrected chi connectivity index (χ0v) is 14.5. The monoisotopic (exact) mass is 352 g/mol. The molecular weight excluding hydrogens is 336 g/mol. The Hall–Kier alpha value is -2.67. The number of fused-ring (bicyclic) bond motifs is 1. The van der Waals surface area contributed by atoms with Gasteiger partial charge in [0.1, 0.15) is 5.03 Å². The molecule has 0 amide bonds. The summed E-state index contributed by atoms with van der Waals surface area (Å²) in [6, 6.07) is 11.6. The van der Waals surface area contributed by atoms with Crippen molar-refractivity contribution in [3.8, 4) is 11.6 Å². The van der Waals surface area contributed by atoms with Gasteiger partial charge in [-0.25, -0.2) is 9.97 Å². The number of nitrogens with zero attached hydrogens (tertiary/aromatic N) is 4. The Morgan fingerprint density at radius 3 is 2.80 bits per heavy atom. The van der Waals surface area contributed by atoms with E-state index in [1.54, 1.807) is 18.0 Å². The molecule has 4 rings (SSSR count). The molecule has 3 heterocycles. The third-order valence-electron chi connectivity index (χ3n) is 3.63. The average molecular weight is 352 g/mol. The van der Waals surface area contributed by atoms with Gasteiger partial charge in [0.05, 0.1) is 17.5 Å². The molecule has 7 heteroatoms. The highest BCUT2D eigenvalue weighted by molar-refractivity contribution is 7.98. The summed E-state index contributed by atoms with van der Waals surface area (Å²) < 4.78 is 10.8. The molecule has 0 N–H and O–H groups in total. The van der Waals surface area contributed by atoms with Crippen LogP contribution in [0.25, 0.3) is 22.5 Å². The third-order valence-corrected chi connectivity index (χ3v) is 4.60. The molecular formula is C18H16N4O2S. The van der Waals surface area contributed by atoms with E-state index in [4.69, 9.17) is 8.94 Å². The summed E-state index contributed by atoms with van der Waals surface area (Å²) >= 11 is 1.56. The molecule has 0 spiro atoms. The molecule has 3 aromatic heterocycles. The fourth-order valence-corrected chi connectivity index (χ4v) is 3.33. The maximum atomic E-state index is 5.44. The fourth-order valence-electron chi connectivity index (χ4n) is 2.48. The van der Waals surface area contributed by atoms with Gasteiger partial charge in [0.15, 0.2) is 17.4 Å². The van der Waals surface area contributed by atoms with Crippen LogP contribution in [0.5, 0.6) is 0 Å². The van der Waals surface area contributed by atoms with E-state index < -0.39 is 0 Å². The Morgan fingerprint density at radius 2 is 1.96 bits per heavy atom. The molecule has 1 aromatic carbocycles. The predicted molar refractivity (Wildman–Crippen MR) is 95.1 cm³/mol. The fraction of sp³-hybridized carbons (Fsp3) is 0.222. The summed E-state index contributed by atoms with van der Waals surface area (Å²) in [5.41, 5.74) is 0.878. The van der Waals surface area contributed by atoms with Crippen molar-refractivity contribution < 1.29 is 8.94 Å². The summed E-state index contributed by atoms with van der Waals surface area (Å²) in [4.78, 5) is 13.7. The first-order valence-corrected chi connectivity index (χ1v) is 9.07. The maximum Gasteiger partial charge on any atom is 0.237 e. The van der Waals surface area contributed by atoms with Crippen LogP contribution in [-0.2, 0) is 12.2 Å². The van der Waals surface area contributed by atoms with Gasteiger partial charge in [-0.15, -0.1) is 0 Å². The van der Waals surface area contributed by atoms with Crippen LogP contribution in [0, 0.1) is 0 Å². The number of thioether (sulfide) groups is 1. The predicted octanol–water partition coefficient (Wildman–Crippen LogP) is 4.52. The van der Waals surface area contributed by atoms with Crippen molar-refractivity contribution in [2.45, 2.75) is 30.5 Å². The van der Waals surface area contributed by atoms with Gasteiger partial charge < -0.3 is 8.94 Å². The van der Waals surface area contributed by atoms with Gasteiger partial charge in [-0.05, 0) is 24.6 Å². The zero-order valence-electron chi connectivity index (χ0n) is 13.7. The van der Waals surface area contributed by atoms with Crippen molar-refractivity contribution in [1.82, 2.24) is 20.1 Å². The quantitative estimate of drug-likeness (QED) is 0.373. The Bertz CT molecular complexity index is 982. The summed E-state index contributed by atoms with van der Waals surface area (Å²) in [6.07, 6.45) is 3.44. The number of benzene rings is 1. The summed E-state index contributed by atoms with van der Waals surface area (Å²) in [5.74, 6) is 3.15. The first kappa shape index (κ1) is 15.8. The molecule has 0 aliphatic heterocycles. The van der Waals surface area contributed by atoms with Crippen LogP contribution in [-0.4, -0.2) is 20.1 Å². The number of furan rings is 1. The molecule has 0 fully saturated rings. The lowest BCUT2D eigenvalue weighted by atomic mass is 10.2. The minimum atomic E-state index is 0.565. The van der Waals surface area contributed by atoms with Gasteiger partial charge in [-0.3, -0.25) is 0 Å². The second kappa shape index (κ2) is 7.06. The normalized spacial score (nSPS) is 11.2. The average Bonchev–Trinajstić information content (AvgIpc) is 3.32. The van der Waals surface area contributed by atoms with E-state index in [1.165, 1.54) is 0 Å². The van der Waals surface area contributed by atoms with E-state index in [9.17, 15) is 0 Å². The smallest absolute Gasteiger partial charge is 0.237 e. The zero-order chi connectivity index (χ0) is 17.1. The number of aromatic nitrogens is 4. The van der Waals surface area contributed by atoms with E-state index in [1.807, 2.05) is 36.4 Å². The molecule has 0 atom stereocenters. The van der Waals surface area contributed by atoms with Crippen molar-refractivity contribution in [2.24, 2.45) is 0 Å². The van der Waals surface area contributed by atoms with Gasteiger partial charge >= 0.3 is 0 Å². The first-order chi connectivity index (χ1) is 12.3. The third kappa shape index (κ3) is 3.41. The number of hydrogen-bond acceptors (Lipinski definition) is 7. The Labute approximate surface area is 148 Å². The largest absolute Gasteiger partial charge is 0.461 e. The molecule has 0 radical (unpaired) electrons. The van der Waals surface area contributed by atoms with Crippen LogP contribution in [0.1, 0.15) is 25.1 Å². The minimum Gasteiger partial charge on any atom is -0.461 e. The highest BCUT2D eigenvalue weighted by Gasteiger charge is 2.13. The Balaban J connectivity index is 1.65. The topological polar surface area (TPSA) is 77.8 Å². The highest BCUT2D eigenvalue weighted by Crippen LogP contribution is 2.30. The van der Waals surface area contributed by atoms with Crippen LogP contribution >= 0.6 is 11.8 Å². The molecule has 0 saturated heterocycles. The molecule has 126 valence electrons. The van der Waals surface area contributed by atoms with E-state index >= 15 is 0 Å². The molecule has 6 nitrogen and oxygen atoms in total. The SMILES string of the molecule is CCCc1noc(CSc2nc(-c3ccco3)nc3ccccc23)n1. The van der Waals surface area contributed by atoms with Gasteiger partial charge in [0.25, 0.3) is 0 Å². The minimum absolute atomic E-state index is 0.565. The standard InChI is InChI=1S/C18H16N4O2S/c1-2-6-15-20-16(24-22-15)11-25-18-12-7-3-4-8-13(12)19-17(21-18)14-9-5-10-23-14/h3-5,7-10H,2,6,11H2,1H3. The molecule has 0 saturated carbocycles. The summed E-state index contributed by atoms with van der Waals surface area (Å²) in [7, 11) is 0. The molecule has 25 heavy (non-hydrogen) atoms. The Morgan fingerprint density at radius 1 is 1.04 bits per heavy atom. The highest BCUT2D eigenvalue weighted by atomic mass is 32.2. The van der Waals surface area contributed by atoms with Crippen molar-refractivity contribution in [3.05, 3.63) is 54.4 Å². The van der Waals surface area contributed by atoms with Gasteiger partial charge in [-0.2, -0.15) is 4.98 Å². The first-order valence-electron chi connectivity index (χ1n) is 8.08. The van der Waals surface area contributed by atoms with Crippen molar-refractivity contribution in [1.29, 1.82) is 0 Å². The van der Waals surface area contributed by atoms with Gasteiger partial charge in [0.2, 0.25) is 5.89 Å². The van der Waals surface area contributed by atoms with Crippen LogP contribution < -0.4 is 0 Å². The van der Waals surface area contributed by atoms with Crippen molar-refractivity contribution in [2.75, 3.05) is 0 Å². The summed E-state index contributed by atoms with van der Waals surface area (Å²) in [6.45, 7) is 2.09. The Kier molecular flexibility index (Phi) is 4.47. The lowest BCUT2D eigenvalue weighted by Crippen LogP contribution is -1.94. The summed E-state index contributed by atoms with van der Waals surface area (Å²) in [5, 5.41) is 5.86. The second-order valence-electron chi connectivity index (χ2n) is 5.49. The maximum absolute atomic E-state index is 5.44. The number of hydrogen-bond donors (Lipinski definition) is 0. The van der Waals surface area contributed by atoms with Gasteiger partial charge in [-0.1, -0.05) is 42.0 Å². The molecule has 0 aliphatic carbocycles.